The molecule has 1 aliphatic heterocycles. The van der Waals surface area contributed by atoms with Crippen LogP contribution in [0.2, 0.25) is 0 Å². The maximum atomic E-state index is 13.3. The number of ether oxygens (including phenoxy) is 1. The third-order valence-electron chi connectivity index (χ3n) is 6.07. The summed E-state index contributed by atoms with van der Waals surface area (Å²) in [5, 5.41) is 12.8. The van der Waals surface area contributed by atoms with Gasteiger partial charge in [0, 0.05) is 37.2 Å². The molecule has 1 aromatic heterocycles. The van der Waals surface area contributed by atoms with Gasteiger partial charge in [0.2, 0.25) is 0 Å². The highest BCUT2D eigenvalue weighted by Gasteiger charge is 2.33. The molecule has 31 heavy (non-hydrogen) atoms. The molecule has 0 unspecified atom stereocenters. The van der Waals surface area contributed by atoms with Gasteiger partial charge in [-0.15, -0.1) is 0 Å². The summed E-state index contributed by atoms with van der Waals surface area (Å²) in [6, 6.07) is 11.1. The van der Waals surface area contributed by atoms with Gasteiger partial charge in [0.15, 0.2) is 0 Å². The molecule has 162 valence electrons. The summed E-state index contributed by atoms with van der Waals surface area (Å²) in [4.78, 5) is 30.2. The van der Waals surface area contributed by atoms with Crippen molar-refractivity contribution in [2.45, 2.75) is 20.8 Å². The zero-order chi connectivity index (χ0) is 22.3. The van der Waals surface area contributed by atoms with Crippen LogP contribution in [0.4, 0.5) is 5.69 Å². The van der Waals surface area contributed by atoms with Gasteiger partial charge in [0.25, 0.3) is 5.52 Å². The summed E-state index contributed by atoms with van der Waals surface area (Å²) in [5.41, 5.74) is 3.26. The van der Waals surface area contributed by atoms with Gasteiger partial charge in [0.1, 0.15) is 11.3 Å². The molecule has 2 heterocycles. The van der Waals surface area contributed by atoms with Gasteiger partial charge in [-0.2, -0.15) is 0 Å². The third-order valence-corrected chi connectivity index (χ3v) is 6.07. The standard InChI is InChI=1S/C23H26N4O4/c1-15-13-19-20(14-16(15)2)27(30)22(17(3)26(19)29)23(28)25-11-9-24(10-12-25)18-7-5-6-8-21(18)31-4/h5-8,13-14H,9-12H2,1-4H3. The van der Waals surface area contributed by atoms with E-state index in [1.54, 1.807) is 24.1 Å². The molecule has 1 aliphatic rings. The normalized spacial score (nSPS) is 14.2. The molecule has 8 nitrogen and oxygen atoms in total. The van der Waals surface area contributed by atoms with E-state index in [0.717, 1.165) is 22.6 Å². The average Bonchev–Trinajstić information content (AvgIpc) is 2.79. The zero-order valence-corrected chi connectivity index (χ0v) is 18.2. The number of anilines is 1. The molecular weight excluding hydrogens is 396 g/mol. The number of benzene rings is 2. The van der Waals surface area contributed by atoms with E-state index in [0.29, 0.717) is 35.3 Å². The molecule has 0 radical (unpaired) electrons. The van der Waals surface area contributed by atoms with Gasteiger partial charge in [-0.3, -0.25) is 4.79 Å². The number of fused-ring (bicyclic) bond motifs is 1. The highest BCUT2D eigenvalue weighted by molar-refractivity contribution is 5.93. The Labute approximate surface area is 180 Å². The van der Waals surface area contributed by atoms with Crippen molar-refractivity contribution in [3.8, 4) is 5.75 Å². The van der Waals surface area contributed by atoms with Crippen LogP contribution >= 0.6 is 0 Å². The van der Waals surface area contributed by atoms with Crippen molar-refractivity contribution in [3.63, 3.8) is 0 Å². The van der Waals surface area contributed by atoms with Crippen molar-refractivity contribution in [3.05, 3.63) is 69.0 Å². The third kappa shape index (κ3) is 3.48. The molecular formula is C23H26N4O4. The summed E-state index contributed by atoms with van der Waals surface area (Å²) in [6.45, 7) is 7.39. The first-order chi connectivity index (χ1) is 14.8. The molecule has 0 spiro atoms. The van der Waals surface area contributed by atoms with Crippen LogP contribution in [0.15, 0.2) is 36.4 Å². The Morgan fingerprint density at radius 1 is 1.03 bits per heavy atom. The molecule has 0 atom stereocenters. The number of methoxy groups -OCH3 is 1. The molecule has 3 aromatic rings. The van der Waals surface area contributed by atoms with Crippen LogP contribution in [-0.4, -0.2) is 48.8 Å². The van der Waals surface area contributed by atoms with Crippen LogP contribution in [0.5, 0.6) is 5.75 Å². The first kappa shape index (κ1) is 20.7. The molecule has 0 N–H and O–H groups in total. The number of nitrogens with zero attached hydrogens (tertiary/aromatic N) is 4. The van der Waals surface area contributed by atoms with Crippen molar-refractivity contribution in [1.82, 2.24) is 9.63 Å². The molecule has 1 fully saturated rings. The second-order valence-corrected chi connectivity index (χ2v) is 7.90. The maximum absolute atomic E-state index is 13.3. The molecule has 8 heteroatoms. The summed E-state index contributed by atoms with van der Waals surface area (Å²) < 4.78 is 6.74. The Kier molecular flexibility index (Phi) is 5.31. The van der Waals surface area contributed by atoms with E-state index in [9.17, 15) is 14.9 Å². The first-order valence-corrected chi connectivity index (χ1v) is 10.3. The van der Waals surface area contributed by atoms with Crippen LogP contribution in [0.1, 0.15) is 27.3 Å². The maximum Gasteiger partial charge on any atom is 0.346 e. The monoisotopic (exact) mass is 422 g/mol. The average molecular weight is 422 g/mol. The Hall–Kier alpha value is -3.55. The quantitative estimate of drug-likeness (QED) is 0.606. The van der Waals surface area contributed by atoms with Crippen molar-refractivity contribution in [1.29, 1.82) is 0 Å². The van der Waals surface area contributed by atoms with Gasteiger partial charge in [-0.1, -0.05) is 12.1 Å². The lowest BCUT2D eigenvalue weighted by atomic mass is 10.1. The fraction of sp³-hybridized carbons (Fsp3) is 0.348. The van der Waals surface area contributed by atoms with Crippen LogP contribution in [0, 0.1) is 30.9 Å². The number of hydrogen-bond donors (Lipinski definition) is 0. The predicted octanol–water partition coefficient (Wildman–Crippen LogP) is 2.80. The first-order valence-electron chi connectivity index (χ1n) is 10.3. The van der Waals surface area contributed by atoms with Crippen LogP contribution in [0.3, 0.4) is 0 Å². The van der Waals surface area contributed by atoms with Gasteiger partial charge in [-0.05, 0) is 50.1 Å². The number of amides is 1. The molecule has 0 bridgehead atoms. The predicted molar refractivity (Wildman–Crippen MR) is 119 cm³/mol. The minimum atomic E-state index is -0.420. The van der Waals surface area contributed by atoms with Crippen molar-refractivity contribution >= 4 is 22.6 Å². The van der Waals surface area contributed by atoms with E-state index >= 15 is 0 Å². The van der Waals surface area contributed by atoms with Crippen LogP contribution in [-0.2, 0) is 0 Å². The van der Waals surface area contributed by atoms with E-state index in [4.69, 9.17) is 4.74 Å². The van der Waals surface area contributed by atoms with E-state index in [1.165, 1.54) is 6.92 Å². The van der Waals surface area contributed by atoms with Crippen LogP contribution in [0.25, 0.3) is 11.0 Å². The van der Waals surface area contributed by atoms with E-state index in [1.807, 2.05) is 38.1 Å². The Balaban J connectivity index is 1.64. The lowest BCUT2D eigenvalue weighted by molar-refractivity contribution is -0.469. The molecule has 2 aromatic carbocycles. The Morgan fingerprint density at radius 2 is 1.68 bits per heavy atom. The largest absolute Gasteiger partial charge is 0.805 e. The van der Waals surface area contributed by atoms with Gasteiger partial charge in [0.05, 0.1) is 22.9 Å². The number of aryl methyl sites for hydroxylation is 2. The van der Waals surface area contributed by atoms with E-state index in [2.05, 4.69) is 4.90 Å². The summed E-state index contributed by atoms with van der Waals surface area (Å²) in [5.74, 6) is 0.361. The number of aromatic nitrogens is 2. The summed E-state index contributed by atoms with van der Waals surface area (Å²) in [7, 11) is 1.63. The minimum absolute atomic E-state index is 0.114. The number of hydrogen-bond acceptors (Lipinski definition) is 5. The van der Waals surface area contributed by atoms with Gasteiger partial charge < -0.3 is 24.5 Å². The highest BCUT2D eigenvalue weighted by atomic mass is 16.5. The molecule has 1 amide bonds. The molecule has 1 saturated heterocycles. The number of para-hydroxylation sites is 2. The number of rotatable bonds is 3. The second kappa shape index (κ2) is 7.94. The number of carbonyl (C=O) groups is 1. The molecule has 4 rings (SSSR count). The number of piperazine rings is 1. The Bertz CT molecular complexity index is 1230. The van der Waals surface area contributed by atoms with Crippen molar-refractivity contribution in [2.24, 2.45) is 0 Å². The summed E-state index contributed by atoms with van der Waals surface area (Å²) >= 11 is 0. The summed E-state index contributed by atoms with van der Waals surface area (Å²) in [6.07, 6.45) is 0. The highest BCUT2D eigenvalue weighted by Crippen LogP contribution is 2.28. The lowest BCUT2D eigenvalue weighted by Crippen LogP contribution is -2.50. The smallest absolute Gasteiger partial charge is 0.346 e. The lowest BCUT2D eigenvalue weighted by Gasteiger charge is -2.36. The topological polar surface area (TPSA) is 83.7 Å². The van der Waals surface area contributed by atoms with Crippen molar-refractivity contribution < 1.29 is 14.0 Å². The zero-order valence-electron chi connectivity index (χ0n) is 18.2. The Morgan fingerprint density at radius 3 is 2.35 bits per heavy atom. The fourth-order valence-corrected chi connectivity index (χ4v) is 4.09. The second-order valence-electron chi connectivity index (χ2n) is 7.90. The SMILES string of the molecule is COc1ccccc1N1CCN(C(=O)c2c(C)n([O-])c3cc(C)c(C)cc3[n+]2=O)CC1. The van der Waals surface area contributed by atoms with E-state index < -0.39 is 5.91 Å². The van der Waals surface area contributed by atoms with Crippen LogP contribution < -0.4 is 14.1 Å². The number of carbonyl (C=O) groups excluding carboxylic acids is 1. The van der Waals surface area contributed by atoms with Gasteiger partial charge >= 0.3 is 11.6 Å². The van der Waals surface area contributed by atoms with Crippen molar-refractivity contribution in [2.75, 3.05) is 38.2 Å². The molecule has 0 saturated carbocycles. The minimum Gasteiger partial charge on any atom is -0.805 e. The van der Waals surface area contributed by atoms with Gasteiger partial charge in [-0.25, -0.2) is 0 Å². The van der Waals surface area contributed by atoms with E-state index in [-0.39, 0.29) is 22.4 Å². The fourth-order valence-electron chi connectivity index (χ4n) is 4.09. The molecule has 0 aliphatic carbocycles.